The summed E-state index contributed by atoms with van der Waals surface area (Å²) in [5.41, 5.74) is 0. The summed E-state index contributed by atoms with van der Waals surface area (Å²) in [7, 11) is -3.12. The third-order valence-electron chi connectivity index (χ3n) is 2.65. The molecule has 0 spiro atoms. The van der Waals surface area contributed by atoms with Gasteiger partial charge in [0.1, 0.15) is 11.1 Å². The number of H-pyrrole nitrogens is 1. The van der Waals surface area contributed by atoms with Gasteiger partial charge in [0.2, 0.25) is 0 Å². The molecular formula is C8H13N3O2S2. The zero-order chi connectivity index (χ0) is 11.2. The van der Waals surface area contributed by atoms with Crippen molar-refractivity contribution in [1.29, 1.82) is 0 Å². The smallest absolute Gasteiger partial charge is 0.195 e. The Labute approximate surface area is 93.4 Å². The number of rotatable bonds is 3. The van der Waals surface area contributed by atoms with Gasteiger partial charge in [-0.05, 0) is 32.0 Å². The summed E-state index contributed by atoms with van der Waals surface area (Å²) in [6, 6.07) is 0.343. The van der Waals surface area contributed by atoms with E-state index in [2.05, 4.69) is 10.2 Å². The Morgan fingerprint density at radius 2 is 2.20 bits per heavy atom. The predicted molar refractivity (Wildman–Crippen MR) is 58.9 cm³/mol. The van der Waals surface area contributed by atoms with Gasteiger partial charge in [-0.25, -0.2) is 8.42 Å². The van der Waals surface area contributed by atoms with Gasteiger partial charge in [-0.2, -0.15) is 5.10 Å². The molecule has 7 heteroatoms. The normalized spacial score (nSPS) is 19.1. The summed E-state index contributed by atoms with van der Waals surface area (Å²) in [5, 5.41) is 6.07. The zero-order valence-electron chi connectivity index (χ0n) is 8.60. The van der Waals surface area contributed by atoms with Gasteiger partial charge in [0, 0.05) is 12.3 Å². The Bertz CT molecular complexity index is 524. The molecule has 84 valence electrons. The fraction of sp³-hybridized carbons (Fsp3) is 0.750. The Hall–Kier alpha value is -0.690. The Morgan fingerprint density at radius 3 is 2.67 bits per heavy atom. The van der Waals surface area contributed by atoms with Crippen LogP contribution in [-0.2, 0) is 9.84 Å². The Morgan fingerprint density at radius 1 is 1.60 bits per heavy atom. The van der Waals surface area contributed by atoms with Gasteiger partial charge in [0.25, 0.3) is 0 Å². The van der Waals surface area contributed by atoms with Gasteiger partial charge >= 0.3 is 0 Å². The molecule has 1 aliphatic rings. The average Bonchev–Trinajstić information content (AvgIpc) is 2.88. The predicted octanol–water partition coefficient (Wildman–Crippen LogP) is 1.38. The molecule has 0 radical (unpaired) electrons. The first-order valence-corrected chi connectivity index (χ1v) is 7.13. The van der Waals surface area contributed by atoms with Gasteiger partial charge in [-0.1, -0.05) is 0 Å². The molecular weight excluding hydrogens is 234 g/mol. The molecule has 1 aliphatic carbocycles. The lowest BCUT2D eigenvalue weighted by atomic mass is 10.4. The topological polar surface area (TPSA) is 67.8 Å². The number of sulfone groups is 1. The number of aromatic amines is 1. The van der Waals surface area contributed by atoms with Crippen LogP contribution < -0.4 is 0 Å². The molecule has 0 aromatic carbocycles. The summed E-state index contributed by atoms with van der Waals surface area (Å²) in [5.74, 6) is 0.532. The summed E-state index contributed by atoms with van der Waals surface area (Å²) >= 11 is 5.08. The molecule has 1 fully saturated rings. The van der Waals surface area contributed by atoms with Crippen LogP contribution in [0.15, 0.2) is 0 Å². The molecule has 1 saturated carbocycles. The fourth-order valence-electron chi connectivity index (χ4n) is 1.48. The van der Waals surface area contributed by atoms with Gasteiger partial charge in [-0.15, -0.1) is 0 Å². The van der Waals surface area contributed by atoms with Crippen LogP contribution in [0.5, 0.6) is 0 Å². The van der Waals surface area contributed by atoms with Crippen LogP contribution in [0.4, 0.5) is 0 Å². The zero-order valence-corrected chi connectivity index (χ0v) is 10.2. The maximum absolute atomic E-state index is 11.4. The van der Waals surface area contributed by atoms with E-state index in [0.29, 0.717) is 16.6 Å². The van der Waals surface area contributed by atoms with Crippen LogP contribution in [0.1, 0.15) is 36.9 Å². The molecule has 5 nitrogen and oxygen atoms in total. The van der Waals surface area contributed by atoms with Crippen molar-refractivity contribution in [1.82, 2.24) is 14.8 Å². The second kappa shape index (κ2) is 3.41. The molecule has 1 N–H and O–H groups in total. The molecule has 0 amide bonds. The third kappa shape index (κ3) is 1.98. The summed E-state index contributed by atoms with van der Waals surface area (Å²) in [4.78, 5) is 0. The third-order valence-corrected chi connectivity index (χ3v) is 4.43. The second-order valence-corrected chi connectivity index (χ2v) is 6.71. The SMILES string of the molecule is CC(c1n[nH]c(=S)n1C1CC1)S(C)(=O)=O. The van der Waals surface area contributed by atoms with Crippen molar-refractivity contribution < 1.29 is 8.42 Å². The highest BCUT2D eigenvalue weighted by molar-refractivity contribution is 7.90. The molecule has 1 unspecified atom stereocenters. The van der Waals surface area contributed by atoms with E-state index in [9.17, 15) is 8.42 Å². The van der Waals surface area contributed by atoms with E-state index in [1.165, 1.54) is 6.26 Å². The molecule has 2 rings (SSSR count). The summed E-state index contributed by atoms with van der Waals surface area (Å²) < 4.78 is 25.2. The standard InChI is InChI=1S/C8H13N3O2S2/c1-5(15(2,12)13)7-9-10-8(14)11(7)6-3-4-6/h5-6H,3-4H2,1-2H3,(H,10,14). The van der Waals surface area contributed by atoms with Crippen molar-refractivity contribution in [2.24, 2.45) is 0 Å². The summed E-state index contributed by atoms with van der Waals surface area (Å²) in [6.07, 6.45) is 3.32. The van der Waals surface area contributed by atoms with E-state index in [4.69, 9.17) is 12.2 Å². The van der Waals surface area contributed by atoms with E-state index in [-0.39, 0.29) is 0 Å². The lowest BCUT2D eigenvalue weighted by Crippen LogP contribution is -2.14. The summed E-state index contributed by atoms with van der Waals surface area (Å²) in [6.45, 7) is 1.64. The highest BCUT2D eigenvalue weighted by Crippen LogP contribution is 2.37. The van der Waals surface area contributed by atoms with Crippen molar-refractivity contribution in [3.05, 3.63) is 10.6 Å². The van der Waals surface area contributed by atoms with E-state index < -0.39 is 15.1 Å². The molecule has 1 aromatic rings. The van der Waals surface area contributed by atoms with Crippen molar-refractivity contribution in [2.45, 2.75) is 31.1 Å². The number of hydrogen-bond acceptors (Lipinski definition) is 4. The van der Waals surface area contributed by atoms with Gasteiger partial charge < -0.3 is 0 Å². The fourth-order valence-corrected chi connectivity index (χ4v) is 2.32. The lowest BCUT2D eigenvalue weighted by molar-refractivity contribution is 0.581. The maximum atomic E-state index is 11.4. The monoisotopic (exact) mass is 247 g/mol. The maximum Gasteiger partial charge on any atom is 0.195 e. The first kappa shape index (κ1) is 10.8. The van der Waals surface area contributed by atoms with E-state index in [1.54, 1.807) is 6.92 Å². The van der Waals surface area contributed by atoms with Crippen LogP contribution >= 0.6 is 12.2 Å². The Kier molecular flexibility index (Phi) is 2.46. The molecule has 0 bridgehead atoms. The van der Waals surface area contributed by atoms with Crippen molar-refractivity contribution in [3.63, 3.8) is 0 Å². The van der Waals surface area contributed by atoms with Crippen LogP contribution in [0.25, 0.3) is 0 Å². The highest BCUT2D eigenvalue weighted by atomic mass is 32.2. The van der Waals surface area contributed by atoms with Crippen LogP contribution in [0.3, 0.4) is 0 Å². The first-order chi connectivity index (χ1) is 6.91. The minimum absolute atomic E-state index is 0.343. The van der Waals surface area contributed by atoms with Crippen LogP contribution in [-0.4, -0.2) is 29.4 Å². The molecule has 15 heavy (non-hydrogen) atoms. The number of hydrogen-bond donors (Lipinski definition) is 1. The first-order valence-electron chi connectivity index (χ1n) is 4.77. The molecule has 0 saturated heterocycles. The van der Waals surface area contributed by atoms with Crippen molar-refractivity contribution in [3.8, 4) is 0 Å². The molecule has 1 aromatic heterocycles. The molecule has 0 aliphatic heterocycles. The molecule has 1 heterocycles. The lowest BCUT2D eigenvalue weighted by Gasteiger charge is -2.10. The van der Waals surface area contributed by atoms with E-state index in [1.807, 2.05) is 4.57 Å². The van der Waals surface area contributed by atoms with Gasteiger partial charge in [0.15, 0.2) is 14.6 Å². The quantitative estimate of drug-likeness (QED) is 0.819. The largest absolute Gasteiger partial charge is 0.300 e. The van der Waals surface area contributed by atoms with E-state index >= 15 is 0 Å². The van der Waals surface area contributed by atoms with Gasteiger partial charge in [-0.3, -0.25) is 9.67 Å². The number of aromatic nitrogens is 3. The van der Waals surface area contributed by atoms with Crippen molar-refractivity contribution >= 4 is 22.1 Å². The average molecular weight is 247 g/mol. The van der Waals surface area contributed by atoms with E-state index in [0.717, 1.165) is 12.8 Å². The highest BCUT2D eigenvalue weighted by Gasteiger charge is 2.31. The minimum Gasteiger partial charge on any atom is -0.300 e. The minimum atomic E-state index is -3.12. The van der Waals surface area contributed by atoms with Crippen molar-refractivity contribution in [2.75, 3.05) is 6.26 Å². The Balaban J connectivity index is 2.49. The second-order valence-electron chi connectivity index (χ2n) is 3.96. The number of nitrogens with one attached hydrogen (secondary N) is 1. The van der Waals surface area contributed by atoms with Crippen LogP contribution in [0, 0.1) is 4.77 Å². The molecule has 1 atom stereocenters. The number of nitrogens with zero attached hydrogens (tertiary/aromatic N) is 2. The van der Waals surface area contributed by atoms with Gasteiger partial charge in [0.05, 0.1) is 0 Å². The van der Waals surface area contributed by atoms with Crippen LogP contribution in [0.2, 0.25) is 0 Å².